The van der Waals surface area contributed by atoms with E-state index in [9.17, 15) is 0 Å². The quantitative estimate of drug-likeness (QED) is 0.665. The van der Waals surface area contributed by atoms with Crippen LogP contribution in [0.2, 0.25) is 0 Å². The van der Waals surface area contributed by atoms with Crippen LogP contribution in [0.5, 0.6) is 5.75 Å². The van der Waals surface area contributed by atoms with E-state index in [1.54, 1.807) is 11.3 Å². The van der Waals surface area contributed by atoms with Gasteiger partial charge in [0.25, 0.3) is 0 Å². The van der Waals surface area contributed by atoms with Crippen LogP contribution in [0.3, 0.4) is 0 Å². The highest BCUT2D eigenvalue weighted by molar-refractivity contribution is 7.09. The minimum absolute atomic E-state index is 0.731. The molecule has 18 heavy (non-hydrogen) atoms. The third-order valence-electron chi connectivity index (χ3n) is 2.94. The van der Waals surface area contributed by atoms with E-state index in [1.807, 2.05) is 12.1 Å². The molecule has 1 heterocycles. The van der Waals surface area contributed by atoms with E-state index in [1.165, 1.54) is 15.6 Å². The summed E-state index contributed by atoms with van der Waals surface area (Å²) < 4.78 is 5.90. The highest BCUT2D eigenvalue weighted by atomic mass is 32.1. The Kier molecular flexibility index (Phi) is 3.29. The Morgan fingerprint density at radius 2 is 1.78 bits per heavy atom. The fourth-order valence-corrected chi connectivity index (χ4v) is 2.73. The molecule has 0 aliphatic carbocycles. The van der Waals surface area contributed by atoms with Crippen molar-refractivity contribution in [1.29, 1.82) is 0 Å². The van der Waals surface area contributed by atoms with Crippen LogP contribution in [-0.2, 0) is 6.42 Å². The van der Waals surface area contributed by atoms with Crippen molar-refractivity contribution >= 4 is 22.1 Å². The van der Waals surface area contributed by atoms with Gasteiger partial charge in [-0.3, -0.25) is 0 Å². The van der Waals surface area contributed by atoms with Crippen LogP contribution in [0.15, 0.2) is 60.0 Å². The van der Waals surface area contributed by atoms with Gasteiger partial charge in [0.05, 0.1) is 6.61 Å². The van der Waals surface area contributed by atoms with Gasteiger partial charge < -0.3 is 4.74 Å². The molecule has 2 aromatic carbocycles. The second-order valence-corrected chi connectivity index (χ2v) is 5.19. The second-order valence-electron chi connectivity index (χ2n) is 4.16. The lowest BCUT2D eigenvalue weighted by molar-refractivity contribution is 0.327. The average Bonchev–Trinajstić information content (AvgIpc) is 2.92. The lowest BCUT2D eigenvalue weighted by Crippen LogP contribution is -2.00. The molecule has 0 bridgehead atoms. The minimum atomic E-state index is 0.731. The Morgan fingerprint density at radius 3 is 2.67 bits per heavy atom. The molecule has 1 nitrogen and oxygen atoms in total. The Morgan fingerprint density at radius 1 is 0.889 bits per heavy atom. The third-order valence-corrected chi connectivity index (χ3v) is 3.87. The van der Waals surface area contributed by atoms with E-state index in [0.29, 0.717) is 0 Å². The summed E-state index contributed by atoms with van der Waals surface area (Å²) in [5.74, 6) is 0.977. The highest BCUT2D eigenvalue weighted by Gasteiger charge is 2.01. The first-order chi connectivity index (χ1) is 8.93. The topological polar surface area (TPSA) is 9.23 Å². The molecule has 0 N–H and O–H groups in total. The van der Waals surface area contributed by atoms with Crippen LogP contribution in [0, 0.1) is 0 Å². The van der Waals surface area contributed by atoms with Crippen molar-refractivity contribution in [3.8, 4) is 5.75 Å². The van der Waals surface area contributed by atoms with Gasteiger partial charge in [-0.1, -0.05) is 42.5 Å². The summed E-state index contributed by atoms with van der Waals surface area (Å²) in [5.41, 5.74) is 0. The molecule has 3 rings (SSSR count). The highest BCUT2D eigenvalue weighted by Crippen LogP contribution is 2.25. The first-order valence-corrected chi connectivity index (χ1v) is 6.94. The maximum atomic E-state index is 5.90. The zero-order valence-corrected chi connectivity index (χ0v) is 10.8. The molecule has 0 atom stereocenters. The Balaban J connectivity index is 1.74. The molecule has 0 fully saturated rings. The largest absolute Gasteiger partial charge is 0.493 e. The van der Waals surface area contributed by atoms with E-state index in [0.717, 1.165) is 18.8 Å². The van der Waals surface area contributed by atoms with Crippen LogP contribution in [0.4, 0.5) is 0 Å². The van der Waals surface area contributed by atoms with Crippen molar-refractivity contribution in [1.82, 2.24) is 0 Å². The fourth-order valence-electron chi connectivity index (χ4n) is 2.04. The summed E-state index contributed by atoms with van der Waals surface area (Å²) in [5, 5.41) is 4.52. The normalized spacial score (nSPS) is 10.7. The van der Waals surface area contributed by atoms with Crippen LogP contribution in [0.25, 0.3) is 10.8 Å². The zero-order valence-electron chi connectivity index (χ0n) is 10.0. The van der Waals surface area contributed by atoms with E-state index in [-0.39, 0.29) is 0 Å². The van der Waals surface area contributed by atoms with Crippen LogP contribution in [0.1, 0.15) is 4.88 Å². The minimum Gasteiger partial charge on any atom is -0.493 e. The lowest BCUT2D eigenvalue weighted by Gasteiger charge is -2.08. The predicted octanol–water partition coefficient (Wildman–Crippen LogP) is 4.52. The summed E-state index contributed by atoms with van der Waals surface area (Å²) in [6.45, 7) is 0.731. The van der Waals surface area contributed by atoms with Gasteiger partial charge in [0.15, 0.2) is 0 Å². The first-order valence-electron chi connectivity index (χ1n) is 6.06. The molecule has 0 radical (unpaired) electrons. The second kappa shape index (κ2) is 5.23. The average molecular weight is 254 g/mol. The number of benzene rings is 2. The van der Waals surface area contributed by atoms with E-state index in [2.05, 4.69) is 47.8 Å². The SMILES string of the molecule is c1csc(CCOc2cccc3ccccc23)c1. The monoisotopic (exact) mass is 254 g/mol. The molecule has 0 unspecified atom stereocenters. The van der Waals surface area contributed by atoms with Gasteiger partial charge in [-0.05, 0) is 22.9 Å². The molecule has 90 valence electrons. The van der Waals surface area contributed by atoms with E-state index in [4.69, 9.17) is 4.74 Å². The molecule has 0 saturated heterocycles. The number of rotatable bonds is 4. The van der Waals surface area contributed by atoms with Crippen molar-refractivity contribution in [3.63, 3.8) is 0 Å². The van der Waals surface area contributed by atoms with E-state index >= 15 is 0 Å². The van der Waals surface area contributed by atoms with Gasteiger partial charge in [0, 0.05) is 16.7 Å². The van der Waals surface area contributed by atoms with Crippen LogP contribution in [-0.4, -0.2) is 6.61 Å². The van der Waals surface area contributed by atoms with Gasteiger partial charge in [-0.25, -0.2) is 0 Å². The third kappa shape index (κ3) is 2.39. The molecule has 2 heteroatoms. The molecule has 0 spiro atoms. The Labute approximate surface area is 111 Å². The van der Waals surface area contributed by atoms with Gasteiger partial charge in [-0.15, -0.1) is 11.3 Å². The lowest BCUT2D eigenvalue weighted by atomic mass is 10.1. The maximum Gasteiger partial charge on any atom is 0.127 e. The number of hydrogen-bond donors (Lipinski definition) is 0. The number of ether oxygens (including phenoxy) is 1. The molecule has 0 amide bonds. The first kappa shape index (κ1) is 11.3. The fraction of sp³-hybridized carbons (Fsp3) is 0.125. The van der Waals surface area contributed by atoms with Crippen molar-refractivity contribution in [2.75, 3.05) is 6.61 Å². The molecule has 0 saturated carbocycles. The van der Waals surface area contributed by atoms with Gasteiger partial charge in [0.1, 0.15) is 5.75 Å². The Hall–Kier alpha value is -1.80. The van der Waals surface area contributed by atoms with Gasteiger partial charge >= 0.3 is 0 Å². The summed E-state index contributed by atoms with van der Waals surface area (Å²) in [7, 11) is 0. The summed E-state index contributed by atoms with van der Waals surface area (Å²) in [4.78, 5) is 1.37. The van der Waals surface area contributed by atoms with Crippen LogP contribution >= 0.6 is 11.3 Å². The van der Waals surface area contributed by atoms with Crippen molar-refractivity contribution in [2.45, 2.75) is 6.42 Å². The number of hydrogen-bond acceptors (Lipinski definition) is 2. The standard InChI is InChI=1S/C16H14OS/c1-2-8-15-13(5-1)6-3-9-16(15)17-11-10-14-7-4-12-18-14/h1-9,12H,10-11H2. The van der Waals surface area contributed by atoms with Crippen LogP contribution < -0.4 is 4.74 Å². The molecular formula is C16H14OS. The van der Waals surface area contributed by atoms with Crippen molar-refractivity contribution in [3.05, 3.63) is 64.9 Å². The van der Waals surface area contributed by atoms with E-state index < -0.39 is 0 Å². The summed E-state index contributed by atoms with van der Waals surface area (Å²) in [6.07, 6.45) is 0.973. The van der Waals surface area contributed by atoms with Gasteiger partial charge in [-0.2, -0.15) is 0 Å². The zero-order chi connectivity index (χ0) is 12.2. The van der Waals surface area contributed by atoms with Crippen molar-refractivity contribution < 1.29 is 4.74 Å². The molecular weight excluding hydrogens is 240 g/mol. The van der Waals surface area contributed by atoms with Gasteiger partial charge in [0.2, 0.25) is 0 Å². The molecule has 0 aliphatic rings. The summed E-state index contributed by atoms with van der Waals surface area (Å²) in [6, 6.07) is 18.7. The molecule has 3 aromatic rings. The molecule has 1 aromatic heterocycles. The Bertz CT molecular complexity index is 623. The number of thiophene rings is 1. The summed E-state index contributed by atoms with van der Waals surface area (Å²) >= 11 is 1.78. The smallest absolute Gasteiger partial charge is 0.127 e. The number of fused-ring (bicyclic) bond motifs is 1. The maximum absolute atomic E-state index is 5.90. The van der Waals surface area contributed by atoms with Crippen molar-refractivity contribution in [2.24, 2.45) is 0 Å². The predicted molar refractivity (Wildman–Crippen MR) is 77.5 cm³/mol. The molecule has 0 aliphatic heterocycles.